The van der Waals surface area contributed by atoms with E-state index in [-0.39, 0.29) is 11.7 Å². The van der Waals surface area contributed by atoms with Crippen LogP contribution in [0.15, 0.2) is 18.2 Å². The molecule has 1 aromatic carbocycles. The standard InChI is InChI=1S/C15H21NO2/c1-10(2)15(6-7-15)9-16-14(18)12-5-4-11(3)13(17)8-12/h4-5,8,10,17H,6-7,9H2,1-3H3,(H,16,18). The number of carbonyl (C=O) groups excluding carboxylic acids is 1. The Morgan fingerprint density at radius 2 is 2.11 bits per heavy atom. The maximum Gasteiger partial charge on any atom is 0.251 e. The fourth-order valence-electron chi connectivity index (χ4n) is 2.23. The lowest BCUT2D eigenvalue weighted by molar-refractivity contribution is 0.0939. The molecule has 0 radical (unpaired) electrons. The first-order chi connectivity index (χ1) is 8.44. The second-order valence-electron chi connectivity index (χ2n) is 5.70. The lowest BCUT2D eigenvalue weighted by Gasteiger charge is -2.20. The van der Waals surface area contributed by atoms with Gasteiger partial charge in [-0.2, -0.15) is 0 Å². The van der Waals surface area contributed by atoms with Crippen LogP contribution in [0, 0.1) is 18.3 Å². The van der Waals surface area contributed by atoms with Crippen molar-refractivity contribution in [1.82, 2.24) is 5.32 Å². The normalized spacial score (nSPS) is 16.7. The van der Waals surface area contributed by atoms with Gasteiger partial charge in [-0.3, -0.25) is 4.79 Å². The van der Waals surface area contributed by atoms with Gasteiger partial charge < -0.3 is 10.4 Å². The van der Waals surface area contributed by atoms with Crippen molar-refractivity contribution in [1.29, 1.82) is 0 Å². The third kappa shape index (κ3) is 2.50. The van der Waals surface area contributed by atoms with Gasteiger partial charge in [-0.15, -0.1) is 0 Å². The molecule has 3 heteroatoms. The number of amides is 1. The Morgan fingerprint density at radius 1 is 1.44 bits per heavy atom. The molecule has 0 saturated heterocycles. The molecule has 3 nitrogen and oxygen atoms in total. The van der Waals surface area contributed by atoms with Crippen LogP contribution in [0.3, 0.4) is 0 Å². The zero-order valence-electron chi connectivity index (χ0n) is 11.3. The molecule has 0 aliphatic heterocycles. The third-order valence-corrected chi connectivity index (χ3v) is 4.19. The number of nitrogens with one attached hydrogen (secondary N) is 1. The monoisotopic (exact) mass is 247 g/mol. The molecule has 1 saturated carbocycles. The van der Waals surface area contributed by atoms with Crippen molar-refractivity contribution in [2.24, 2.45) is 11.3 Å². The molecule has 1 aliphatic carbocycles. The van der Waals surface area contributed by atoms with Crippen molar-refractivity contribution in [3.63, 3.8) is 0 Å². The maximum absolute atomic E-state index is 12.0. The van der Waals surface area contributed by atoms with E-state index < -0.39 is 0 Å². The zero-order valence-corrected chi connectivity index (χ0v) is 11.3. The summed E-state index contributed by atoms with van der Waals surface area (Å²) in [6.45, 7) is 6.96. The summed E-state index contributed by atoms with van der Waals surface area (Å²) >= 11 is 0. The van der Waals surface area contributed by atoms with Crippen LogP contribution in [-0.2, 0) is 0 Å². The van der Waals surface area contributed by atoms with Crippen LogP contribution in [0.2, 0.25) is 0 Å². The van der Waals surface area contributed by atoms with Crippen molar-refractivity contribution >= 4 is 5.91 Å². The predicted molar refractivity (Wildman–Crippen MR) is 71.7 cm³/mol. The van der Waals surface area contributed by atoms with Gasteiger partial charge in [0.1, 0.15) is 5.75 Å². The number of phenols is 1. The van der Waals surface area contributed by atoms with E-state index >= 15 is 0 Å². The van der Waals surface area contributed by atoms with Crippen molar-refractivity contribution in [2.75, 3.05) is 6.54 Å². The van der Waals surface area contributed by atoms with Gasteiger partial charge in [0.2, 0.25) is 0 Å². The first-order valence-corrected chi connectivity index (χ1v) is 6.52. The van der Waals surface area contributed by atoms with Gasteiger partial charge in [-0.25, -0.2) is 0 Å². The fraction of sp³-hybridized carbons (Fsp3) is 0.533. The summed E-state index contributed by atoms with van der Waals surface area (Å²) in [6.07, 6.45) is 2.40. The SMILES string of the molecule is Cc1ccc(C(=O)NCC2(C(C)C)CC2)cc1O. The molecular formula is C15H21NO2. The molecule has 0 spiro atoms. The highest BCUT2D eigenvalue weighted by Crippen LogP contribution is 2.51. The van der Waals surface area contributed by atoms with Crippen LogP contribution in [0.5, 0.6) is 5.75 Å². The van der Waals surface area contributed by atoms with Crippen molar-refractivity contribution in [3.05, 3.63) is 29.3 Å². The minimum absolute atomic E-state index is 0.0998. The molecule has 18 heavy (non-hydrogen) atoms. The molecule has 98 valence electrons. The molecule has 0 unspecified atom stereocenters. The lowest BCUT2D eigenvalue weighted by Crippen LogP contribution is -2.32. The number of benzene rings is 1. The summed E-state index contributed by atoms with van der Waals surface area (Å²) in [5.74, 6) is 0.675. The second kappa shape index (κ2) is 4.63. The molecule has 0 atom stereocenters. The highest BCUT2D eigenvalue weighted by Gasteiger charge is 2.45. The number of hydrogen-bond donors (Lipinski definition) is 2. The fourth-order valence-corrected chi connectivity index (χ4v) is 2.23. The molecule has 0 aromatic heterocycles. The molecule has 1 aromatic rings. The van der Waals surface area contributed by atoms with E-state index in [0.29, 0.717) is 16.9 Å². The second-order valence-corrected chi connectivity index (χ2v) is 5.70. The number of aromatic hydroxyl groups is 1. The molecular weight excluding hydrogens is 226 g/mol. The van der Waals surface area contributed by atoms with Gasteiger partial charge in [0.15, 0.2) is 0 Å². The number of rotatable bonds is 4. The number of hydrogen-bond acceptors (Lipinski definition) is 2. The van der Waals surface area contributed by atoms with E-state index in [1.54, 1.807) is 12.1 Å². The molecule has 1 amide bonds. The van der Waals surface area contributed by atoms with Gasteiger partial charge in [0, 0.05) is 12.1 Å². The van der Waals surface area contributed by atoms with Gasteiger partial charge >= 0.3 is 0 Å². The van der Waals surface area contributed by atoms with E-state index in [9.17, 15) is 9.90 Å². The minimum atomic E-state index is -0.0998. The van der Waals surface area contributed by atoms with Gasteiger partial charge in [0.05, 0.1) is 0 Å². The Labute approximate surface area is 108 Å². The first-order valence-electron chi connectivity index (χ1n) is 6.52. The highest BCUT2D eigenvalue weighted by atomic mass is 16.3. The summed E-state index contributed by atoms with van der Waals surface area (Å²) in [5.41, 5.74) is 1.62. The number of aryl methyl sites for hydroxylation is 1. The third-order valence-electron chi connectivity index (χ3n) is 4.19. The van der Waals surface area contributed by atoms with Gasteiger partial charge in [-0.1, -0.05) is 19.9 Å². The molecule has 0 bridgehead atoms. The van der Waals surface area contributed by atoms with Crippen LogP contribution in [0.25, 0.3) is 0 Å². The Kier molecular flexibility index (Phi) is 3.33. The van der Waals surface area contributed by atoms with Crippen LogP contribution in [-0.4, -0.2) is 17.6 Å². The average Bonchev–Trinajstić information content (AvgIpc) is 3.11. The average molecular weight is 247 g/mol. The van der Waals surface area contributed by atoms with Crippen molar-refractivity contribution < 1.29 is 9.90 Å². The largest absolute Gasteiger partial charge is 0.508 e. The summed E-state index contributed by atoms with van der Waals surface area (Å²) in [4.78, 5) is 12.0. The molecule has 2 rings (SSSR count). The van der Waals surface area contributed by atoms with Crippen LogP contribution < -0.4 is 5.32 Å². The number of carbonyl (C=O) groups is 1. The number of phenolic OH excluding ortho intramolecular Hbond substituents is 1. The Bertz CT molecular complexity index is 462. The summed E-state index contributed by atoms with van der Waals surface area (Å²) < 4.78 is 0. The summed E-state index contributed by atoms with van der Waals surface area (Å²) in [7, 11) is 0. The molecule has 0 heterocycles. The summed E-state index contributed by atoms with van der Waals surface area (Å²) in [5, 5.41) is 12.6. The first kappa shape index (κ1) is 12.9. The zero-order chi connectivity index (χ0) is 13.3. The highest BCUT2D eigenvalue weighted by molar-refractivity contribution is 5.94. The quantitative estimate of drug-likeness (QED) is 0.859. The predicted octanol–water partition coefficient (Wildman–Crippen LogP) is 2.87. The van der Waals surface area contributed by atoms with E-state index in [1.165, 1.54) is 18.9 Å². The van der Waals surface area contributed by atoms with E-state index in [1.807, 2.05) is 6.92 Å². The van der Waals surface area contributed by atoms with Gasteiger partial charge in [-0.05, 0) is 48.8 Å². The summed E-state index contributed by atoms with van der Waals surface area (Å²) in [6, 6.07) is 5.04. The van der Waals surface area contributed by atoms with Crippen LogP contribution >= 0.6 is 0 Å². The Hall–Kier alpha value is -1.51. The Balaban J connectivity index is 1.98. The molecule has 2 N–H and O–H groups in total. The van der Waals surface area contributed by atoms with Crippen molar-refractivity contribution in [2.45, 2.75) is 33.6 Å². The van der Waals surface area contributed by atoms with E-state index in [2.05, 4.69) is 19.2 Å². The minimum Gasteiger partial charge on any atom is -0.508 e. The molecule has 1 aliphatic rings. The molecule has 1 fully saturated rings. The van der Waals surface area contributed by atoms with Crippen LogP contribution in [0.1, 0.15) is 42.6 Å². The lowest BCUT2D eigenvalue weighted by atomic mass is 9.92. The van der Waals surface area contributed by atoms with E-state index in [0.717, 1.165) is 12.1 Å². The smallest absolute Gasteiger partial charge is 0.251 e. The van der Waals surface area contributed by atoms with Crippen molar-refractivity contribution in [3.8, 4) is 5.75 Å². The van der Waals surface area contributed by atoms with Gasteiger partial charge in [0.25, 0.3) is 5.91 Å². The van der Waals surface area contributed by atoms with Crippen LogP contribution in [0.4, 0.5) is 0 Å². The maximum atomic E-state index is 12.0. The Morgan fingerprint density at radius 3 is 2.61 bits per heavy atom. The van der Waals surface area contributed by atoms with E-state index in [4.69, 9.17) is 0 Å². The topological polar surface area (TPSA) is 49.3 Å².